The van der Waals surface area contributed by atoms with Crippen LogP contribution in [-0.2, 0) is 14.3 Å². The molecule has 9 nitrogen and oxygen atoms in total. The van der Waals surface area contributed by atoms with E-state index in [0.717, 1.165) is 18.2 Å². The van der Waals surface area contributed by atoms with Crippen molar-refractivity contribution < 1.29 is 32.3 Å². The molecule has 1 unspecified atom stereocenters. The zero-order valence-corrected chi connectivity index (χ0v) is 20.9. The van der Waals surface area contributed by atoms with Gasteiger partial charge in [0.2, 0.25) is 11.7 Å². The number of amides is 1. The number of carbonyl (C=O) groups excluding carboxylic acids is 3. The van der Waals surface area contributed by atoms with E-state index in [-0.39, 0.29) is 48.0 Å². The first kappa shape index (κ1) is 27.5. The van der Waals surface area contributed by atoms with E-state index in [2.05, 4.69) is 15.6 Å². The lowest BCUT2D eigenvalue weighted by Gasteiger charge is -2.21. The van der Waals surface area contributed by atoms with Gasteiger partial charge in [0.1, 0.15) is 23.0 Å². The highest BCUT2D eigenvalue weighted by Gasteiger charge is 2.30. The normalized spacial score (nSPS) is 15.4. The number of aromatic nitrogens is 1. The van der Waals surface area contributed by atoms with Crippen LogP contribution in [0.25, 0.3) is 0 Å². The lowest BCUT2D eigenvalue weighted by Crippen LogP contribution is -2.36. The van der Waals surface area contributed by atoms with Crippen LogP contribution in [0.5, 0.6) is 0 Å². The van der Waals surface area contributed by atoms with E-state index in [0.29, 0.717) is 19.0 Å². The molecule has 3 rings (SSSR count). The summed E-state index contributed by atoms with van der Waals surface area (Å²) in [7, 11) is 3.17. The molecule has 2 aromatic rings. The molecule has 37 heavy (non-hydrogen) atoms. The number of carbonyl (C=O) groups is 3. The lowest BCUT2D eigenvalue weighted by molar-refractivity contribution is -0.138. The van der Waals surface area contributed by atoms with E-state index < -0.39 is 34.8 Å². The summed E-state index contributed by atoms with van der Waals surface area (Å²) in [5.74, 6) is -5.08. The topological polar surface area (TPSA) is 104 Å². The molecule has 0 saturated carbocycles. The molecule has 12 heteroatoms. The predicted molar refractivity (Wildman–Crippen MR) is 131 cm³/mol. The molecule has 1 saturated heterocycles. The number of esters is 1. The highest BCUT2D eigenvalue weighted by Crippen LogP contribution is 2.31. The van der Waals surface area contributed by atoms with Crippen molar-refractivity contribution in [3.63, 3.8) is 0 Å². The third kappa shape index (κ3) is 6.78. The summed E-state index contributed by atoms with van der Waals surface area (Å²) in [6, 6.07) is 3.43. The van der Waals surface area contributed by atoms with Crippen LogP contribution in [0.3, 0.4) is 0 Å². The maximum Gasteiger partial charge on any atom is 0.343 e. The van der Waals surface area contributed by atoms with Crippen LogP contribution in [0.4, 0.5) is 30.5 Å². The zero-order chi connectivity index (χ0) is 27.3. The van der Waals surface area contributed by atoms with Crippen molar-refractivity contribution in [2.45, 2.75) is 26.3 Å². The van der Waals surface area contributed by atoms with Gasteiger partial charge in [-0.25, -0.2) is 22.9 Å². The number of pyridine rings is 1. The second-order valence-corrected chi connectivity index (χ2v) is 8.63. The van der Waals surface area contributed by atoms with E-state index in [4.69, 9.17) is 4.74 Å². The zero-order valence-electron chi connectivity index (χ0n) is 20.9. The summed E-state index contributed by atoms with van der Waals surface area (Å²) in [4.78, 5) is 44.7. The van der Waals surface area contributed by atoms with E-state index in [1.165, 1.54) is 18.0 Å². The minimum absolute atomic E-state index is 0.00124. The molecule has 198 valence electrons. The molecular formula is C25H28F3N5O4. The third-order valence-electron chi connectivity index (χ3n) is 5.41. The Kier molecular flexibility index (Phi) is 8.74. The number of ether oxygens (including phenoxy) is 1. The molecule has 1 atom stereocenters. The Bertz CT molecular complexity index is 1240. The Morgan fingerprint density at radius 2 is 1.92 bits per heavy atom. The fourth-order valence-corrected chi connectivity index (χ4v) is 3.86. The van der Waals surface area contributed by atoms with Gasteiger partial charge in [0, 0.05) is 52.4 Å². The molecule has 1 aliphatic heterocycles. The van der Waals surface area contributed by atoms with Crippen molar-refractivity contribution in [1.29, 1.82) is 0 Å². The fourth-order valence-electron chi connectivity index (χ4n) is 3.86. The van der Waals surface area contributed by atoms with Gasteiger partial charge in [0.15, 0.2) is 11.6 Å². The minimum atomic E-state index is -0.965. The number of nitrogens with zero attached hydrogens (tertiary/aromatic N) is 3. The van der Waals surface area contributed by atoms with Crippen molar-refractivity contribution in [1.82, 2.24) is 15.2 Å². The Morgan fingerprint density at radius 3 is 2.54 bits per heavy atom. The summed E-state index contributed by atoms with van der Waals surface area (Å²) in [6.45, 7) is 3.57. The van der Waals surface area contributed by atoms with Crippen LogP contribution in [-0.4, -0.2) is 67.4 Å². The molecule has 1 aliphatic rings. The van der Waals surface area contributed by atoms with Crippen LogP contribution >= 0.6 is 0 Å². The number of rotatable bonds is 9. The molecule has 2 N–H and O–H groups in total. The maximum atomic E-state index is 15.3. The van der Waals surface area contributed by atoms with Crippen molar-refractivity contribution >= 4 is 35.0 Å². The minimum Gasteiger partial charge on any atom is -0.462 e. The van der Waals surface area contributed by atoms with E-state index >= 15 is 4.39 Å². The quantitative estimate of drug-likeness (QED) is 0.171. The summed E-state index contributed by atoms with van der Waals surface area (Å²) in [6.07, 6.45) is 1.77. The second kappa shape index (κ2) is 11.8. The molecule has 1 aromatic carbocycles. The van der Waals surface area contributed by atoms with Crippen molar-refractivity contribution in [3.8, 4) is 0 Å². The van der Waals surface area contributed by atoms with Crippen molar-refractivity contribution in [2.75, 3.05) is 44.0 Å². The van der Waals surface area contributed by atoms with Gasteiger partial charge in [-0.1, -0.05) is 0 Å². The van der Waals surface area contributed by atoms with E-state index in [9.17, 15) is 23.2 Å². The molecule has 0 radical (unpaired) electrons. The largest absolute Gasteiger partial charge is 0.462 e. The first-order valence-corrected chi connectivity index (χ1v) is 11.5. The monoisotopic (exact) mass is 519 g/mol. The van der Waals surface area contributed by atoms with Gasteiger partial charge in [-0.2, -0.15) is 0 Å². The van der Waals surface area contributed by atoms with Gasteiger partial charge in [-0.3, -0.25) is 9.59 Å². The highest BCUT2D eigenvalue weighted by molar-refractivity contribution is 6.25. The Hall–Kier alpha value is -4.09. The summed E-state index contributed by atoms with van der Waals surface area (Å²) >= 11 is 0. The predicted octanol–water partition coefficient (Wildman–Crippen LogP) is 3.15. The summed E-state index contributed by atoms with van der Waals surface area (Å²) < 4.78 is 48.2. The molecule has 0 aliphatic carbocycles. The number of benzene rings is 1. The van der Waals surface area contributed by atoms with Gasteiger partial charge in [-0.05, 0) is 31.5 Å². The Labute approximate surface area is 212 Å². The molecule has 2 heterocycles. The number of Topliss-reactive ketones (excluding diaryl/α,β-unsaturated/α-hetero) is 1. The summed E-state index contributed by atoms with van der Waals surface area (Å²) in [5.41, 5.74) is -0.966. The Balaban J connectivity index is 2.09. The smallest absolute Gasteiger partial charge is 0.343 e. The first-order valence-electron chi connectivity index (χ1n) is 11.5. The number of halogens is 3. The van der Waals surface area contributed by atoms with Gasteiger partial charge < -0.3 is 25.2 Å². The van der Waals surface area contributed by atoms with Crippen LogP contribution < -0.4 is 15.5 Å². The maximum absolute atomic E-state index is 15.3. The van der Waals surface area contributed by atoms with E-state index in [1.54, 1.807) is 25.9 Å². The molecule has 0 spiro atoms. The van der Waals surface area contributed by atoms with Gasteiger partial charge in [-0.15, -0.1) is 0 Å². The van der Waals surface area contributed by atoms with Crippen LogP contribution in [0, 0.1) is 17.5 Å². The molecule has 0 bridgehead atoms. The lowest BCUT2D eigenvalue weighted by atomic mass is 10.0. The Morgan fingerprint density at radius 1 is 1.19 bits per heavy atom. The van der Waals surface area contributed by atoms with Crippen LogP contribution in [0.2, 0.25) is 0 Å². The SMILES string of the molecule is CCOC(=O)C(=CN(C)C)C(=O)c1cc(F)c(N2CCC(NC(C)=O)C2)nc1Nc1ccc(F)cc1F. The van der Waals surface area contributed by atoms with Gasteiger partial charge in [0.25, 0.3) is 0 Å². The first-order chi connectivity index (χ1) is 17.5. The number of anilines is 3. The molecule has 1 amide bonds. The summed E-state index contributed by atoms with van der Waals surface area (Å²) in [5, 5.41) is 5.40. The standard InChI is InChI=1S/C25H28F3N5O4/c1-5-37-25(36)18(13-32(3)4)22(35)17-11-20(28)24(33-9-8-16(12-33)29-14(2)34)31-23(17)30-21-7-6-15(26)10-19(21)27/h6-7,10-11,13,16H,5,8-9,12H2,1-4H3,(H,29,34)(H,30,31). The van der Waals surface area contributed by atoms with Gasteiger partial charge in [0.05, 0.1) is 17.9 Å². The van der Waals surface area contributed by atoms with Crippen LogP contribution in [0.1, 0.15) is 30.6 Å². The van der Waals surface area contributed by atoms with Crippen molar-refractivity contribution in [2.24, 2.45) is 0 Å². The number of nitrogens with one attached hydrogen (secondary N) is 2. The highest BCUT2D eigenvalue weighted by atomic mass is 19.1. The fraction of sp³-hybridized carbons (Fsp3) is 0.360. The second-order valence-electron chi connectivity index (χ2n) is 8.63. The van der Waals surface area contributed by atoms with Gasteiger partial charge >= 0.3 is 5.97 Å². The number of hydrogen-bond acceptors (Lipinski definition) is 8. The average molecular weight is 520 g/mol. The molecule has 1 aromatic heterocycles. The van der Waals surface area contributed by atoms with Crippen LogP contribution in [0.15, 0.2) is 36.0 Å². The molecular weight excluding hydrogens is 491 g/mol. The molecule has 1 fully saturated rings. The van der Waals surface area contributed by atoms with Crippen molar-refractivity contribution in [3.05, 3.63) is 59.1 Å². The average Bonchev–Trinajstić information content (AvgIpc) is 3.27. The number of ketones is 1. The number of hydrogen-bond donors (Lipinski definition) is 2. The van der Waals surface area contributed by atoms with E-state index in [1.807, 2.05) is 0 Å². The third-order valence-corrected chi connectivity index (χ3v) is 5.41.